The van der Waals surface area contributed by atoms with Crippen molar-refractivity contribution < 1.29 is 18.7 Å². The number of methoxy groups -OCH3 is 1. The molecule has 3 heterocycles. The van der Waals surface area contributed by atoms with Gasteiger partial charge in [-0.2, -0.15) is 0 Å². The van der Waals surface area contributed by atoms with Gasteiger partial charge in [-0.05, 0) is 63.7 Å². The normalized spacial score (nSPS) is 16.2. The largest absolute Gasteiger partial charge is 0.494 e. The monoisotopic (exact) mass is 488 g/mol. The molecule has 182 valence electrons. The zero-order chi connectivity index (χ0) is 22.9. The minimum absolute atomic E-state index is 0. The highest BCUT2D eigenvalue weighted by atomic mass is 35.5. The van der Waals surface area contributed by atoms with Crippen molar-refractivity contribution in [3.63, 3.8) is 0 Å². The molecule has 34 heavy (non-hydrogen) atoms. The molecule has 2 aliphatic rings. The summed E-state index contributed by atoms with van der Waals surface area (Å²) in [6.45, 7) is 4.24. The fraction of sp³-hybridized carbons (Fsp3) is 0.440. The quantitative estimate of drug-likeness (QED) is 0.459. The van der Waals surface area contributed by atoms with Gasteiger partial charge in [0.15, 0.2) is 11.6 Å². The molecule has 1 saturated carbocycles. The van der Waals surface area contributed by atoms with Gasteiger partial charge in [-0.15, -0.1) is 12.4 Å². The molecule has 5 rings (SSSR count). The lowest BCUT2D eigenvalue weighted by molar-refractivity contribution is 0.0930. The van der Waals surface area contributed by atoms with Crippen molar-refractivity contribution in [1.29, 1.82) is 0 Å². The second-order valence-corrected chi connectivity index (χ2v) is 8.94. The predicted octanol–water partition coefficient (Wildman–Crippen LogP) is 4.38. The Morgan fingerprint density at radius 2 is 1.94 bits per heavy atom. The lowest BCUT2D eigenvalue weighted by atomic mass is 10.0. The number of amides is 1. The number of ether oxygens (including phenoxy) is 2. The van der Waals surface area contributed by atoms with E-state index in [9.17, 15) is 9.18 Å². The number of aromatic nitrogens is 2. The van der Waals surface area contributed by atoms with E-state index >= 15 is 0 Å². The summed E-state index contributed by atoms with van der Waals surface area (Å²) in [5.41, 5.74) is 3.85. The van der Waals surface area contributed by atoms with Crippen LogP contribution in [0.5, 0.6) is 11.5 Å². The molecule has 0 spiro atoms. The molecule has 1 saturated heterocycles. The molecule has 1 amide bonds. The van der Waals surface area contributed by atoms with Crippen molar-refractivity contribution >= 4 is 29.3 Å². The Morgan fingerprint density at radius 1 is 1.18 bits per heavy atom. The number of hydrogen-bond acceptors (Lipinski definition) is 5. The summed E-state index contributed by atoms with van der Waals surface area (Å²) in [6, 6.07) is 4.99. The molecule has 1 aliphatic carbocycles. The van der Waals surface area contributed by atoms with Crippen molar-refractivity contribution in [1.82, 2.24) is 20.6 Å². The lowest BCUT2D eigenvalue weighted by Crippen LogP contribution is -2.42. The Bertz CT molecular complexity index is 1190. The number of hydrogen-bond donors (Lipinski definition) is 3. The smallest absolute Gasteiger partial charge is 0.255 e. The van der Waals surface area contributed by atoms with E-state index in [2.05, 4.69) is 20.6 Å². The fourth-order valence-corrected chi connectivity index (χ4v) is 4.44. The topological polar surface area (TPSA) is 88.3 Å². The number of carbonyl (C=O) groups is 1. The Balaban J connectivity index is 0.00000274. The average Bonchev–Trinajstić information content (AvgIpc) is 3.58. The fourth-order valence-electron chi connectivity index (χ4n) is 4.44. The average molecular weight is 489 g/mol. The van der Waals surface area contributed by atoms with E-state index in [1.165, 1.54) is 13.2 Å². The SMILES string of the molecule is COc1cc(OCC2CC2)c(-c2ccnc3c(C(=O)NC4CCNCC4)c(C)[nH]c23)cc1F.Cl. The standard InChI is InChI=1S/C25H29FN4O3.ClH/c1-14-22(25(31)30-16-5-8-27-9-6-16)24-23(29-14)17(7-10-28-24)18-11-19(26)21(32-2)12-20(18)33-13-15-3-4-15;/h7,10-12,15-16,27,29H,3-6,8-9,13H2,1-2H3,(H,30,31);1H. The highest BCUT2D eigenvalue weighted by Crippen LogP contribution is 2.40. The number of halogens is 2. The number of nitrogens with zero attached hydrogens (tertiary/aromatic N) is 1. The molecule has 1 aliphatic heterocycles. The van der Waals surface area contributed by atoms with Crippen LogP contribution in [0.1, 0.15) is 41.7 Å². The summed E-state index contributed by atoms with van der Waals surface area (Å²) in [7, 11) is 1.44. The minimum Gasteiger partial charge on any atom is -0.494 e. The molecule has 2 fully saturated rings. The summed E-state index contributed by atoms with van der Waals surface area (Å²) in [4.78, 5) is 21.0. The van der Waals surface area contributed by atoms with Gasteiger partial charge >= 0.3 is 0 Å². The number of pyridine rings is 1. The van der Waals surface area contributed by atoms with Crippen LogP contribution < -0.4 is 20.1 Å². The van der Waals surface area contributed by atoms with Gasteiger partial charge in [0.1, 0.15) is 11.3 Å². The number of piperidine rings is 1. The van der Waals surface area contributed by atoms with Crippen molar-refractivity contribution in [2.24, 2.45) is 5.92 Å². The molecule has 0 bridgehead atoms. The first kappa shape index (κ1) is 24.3. The molecule has 0 unspecified atom stereocenters. The maximum absolute atomic E-state index is 14.7. The number of benzene rings is 1. The maximum atomic E-state index is 14.7. The third kappa shape index (κ3) is 4.83. The second kappa shape index (κ2) is 10.2. The molecule has 0 atom stereocenters. The van der Waals surface area contributed by atoms with E-state index in [1.54, 1.807) is 12.3 Å². The summed E-state index contributed by atoms with van der Waals surface area (Å²) in [5, 5.41) is 6.46. The zero-order valence-corrected chi connectivity index (χ0v) is 20.2. The van der Waals surface area contributed by atoms with Gasteiger partial charge in [-0.3, -0.25) is 9.78 Å². The first-order chi connectivity index (χ1) is 16.0. The van der Waals surface area contributed by atoms with Gasteiger partial charge in [-0.25, -0.2) is 4.39 Å². The van der Waals surface area contributed by atoms with Gasteiger partial charge in [-0.1, -0.05) is 0 Å². The van der Waals surface area contributed by atoms with Crippen LogP contribution in [-0.2, 0) is 0 Å². The van der Waals surface area contributed by atoms with Crippen molar-refractivity contribution in [2.45, 2.75) is 38.6 Å². The van der Waals surface area contributed by atoms with Crippen LogP contribution in [0.2, 0.25) is 0 Å². The number of aryl methyl sites for hydroxylation is 1. The first-order valence-corrected chi connectivity index (χ1v) is 11.5. The summed E-state index contributed by atoms with van der Waals surface area (Å²) < 4.78 is 26.0. The van der Waals surface area contributed by atoms with Gasteiger partial charge in [0.05, 0.1) is 24.8 Å². The third-order valence-electron chi connectivity index (χ3n) is 6.49. The Hall–Kier alpha value is -2.84. The molecule has 2 aromatic heterocycles. The van der Waals surface area contributed by atoms with Crippen LogP contribution in [0, 0.1) is 18.7 Å². The molecule has 1 aromatic carbocycles. The second-order valence-electron chi connectivity index (χ2n) is 8.94. The van der Waals surface area contributed by atoms with Gasteiger partial charge < -0.3 is 25.1 Å². The van der Waals surface area contributed by atoms with E-state index in [0.717, 1.165) is 50.0 Å². The Morgan fingerprint density at radius 3 is 2.65 bits per heavy atom. The maximum Gasteiger partial charge on any atom is 0.255 e. The summed E-state index contributed by atoms with van der Waals surface area (Å²) in [6.07, 6.45) is 5.76. The van der Waals surface area contributed by atoms with E-state index in [-0.39, 0.29) is 30.1 Å². The van der Waals surface area contributed by atoms with Gasteiger partial charge in [0.2, 0.25) is 0 Å². The van der Waals surface area contributed by atoms with Crippen molar-refractivity contribution in [2.75, 3.05) is 26.8 Å². The van der Waals surface area contributed by atoms with Gasteiger partial charge in [0.25, 0.3) is 5.91 Å². The predicted molar refractivity (Wildman–Crippen MR) is 132 cm³/mol. The van der Waals surface area contributed by atoms with E-state index in [4.69, 9.17) is 9.47 Å². The van der Waals surface area contributed by atoms with Gasteiger partial charge in [0, 0.05) is 35.1 Å². The molecule has 9 heteroatoms. The molecule has 7 nitrogen and oxygen atoms in total. The van der Waals surface area contributed by atoms with Crippen molar-refractivity contribution in [3.05, 3.63) is 41.5 Å². The Kier molecular flexibility index (Phi) is 7.28. The summed E-state index contributed by atoms with van der Waals surface area (Å²) in [5.74, 6) is 0.634. The van der Waals surface area contributed by atoms with Crippen LogP contribution in [-0.4, -0.2) is 48.7 Å². The summed E-state index contributed by atoms with van der Waals surface area (Å²) >= 11 is 0. The number of carbonyl (C=O) groups excluding carboxylic acids is 1. The molecular formula is C25H30ClFN4O3. The van der Waals surface area contributed by atoms with Crippen LogP contribution in [0.3, 0.4) is 0 Å². The highest BCUT2D eigenvalue weighted by Gasteiger charge is 2.26. The number of H-pyrrole nitrogens is 1. The number of nitrogens with one attached hydrogen (secondary N) is 3. The molecule has 0 radical (unpaired) electrons. The molecule has 3 aromatic rings. The van der Waals surface area contributed by atoms with Crippen LogP contribution in [0.25, 0.3) is 22.2 Å². The number of rotatable bonds is 7. The van der Waals surface area contributed by atoms with Crippen molar-refractivity contribution in [3.8, 4) is 22.6 Å². The number of aromatic amines is 1. The van der Waals surface area contributed by atoms with E-state index < -0.39 is 5.82 Å². The first-order valence-electron chi connectivity index (χ1n) is 11.5. The number of fused-ring (bicyclic) bond motifs is 1. The highest BCUT2D eigenvalue weighted by molar-refractivity contribution is 6.09. The minimum atomic E-state index is -0.469. The van der Waals surface area contributed by atoms with Crippen LogP contribution >= 0.6 is 12.4 Å². The third-order valence-corrected chi connectivity index (χ3v) is 6.49. The molecular weight excluding hydrogens is 459 g/mol. The van der Waals surface area contributed by atoms with E-state index in [0.29, 0.717) is 40.4 Å². The zero-order valence-electron chi connectivity index (χ0n) is 19.4. The lowest BCUT2D eigenvalue weighted by Gasteiger charge is -2.23. The Labute approximate surface area is 204 Å². The van der Waals surface area contributed by atoms with E-state index in [1.807, 2.05) is 13.0 Å². The molecule has 3 N–H and O–H groups in total. The van der Waals surface area contributed by atoms with Crippen LogP contribution in [0.4, 0.5) is 4.39 Å². The van der Waals surface area contributed by atoms with Crippen LogP contribution in [0.15, 0.2) is 24.4 Å².